The minimum atomic E-state index is -0.800. The Morgan fingerprint density at radius 3 is 2.53 bits per heavy atom. The first kappa shape index (κ1) is 27.5. The first-order valence-corrected chi connectivity index (χ1v) is 13.1. The fourth-order valence-electron chi connectivity index (χ4n) is 5.42. The van der Waals surface area contributed by atoms with Crippen LogP contribution in [0.15, 0.2) is 48.6 Å². The second-order valence-corrected chi connectivity index (χ2v) is 10.3. The van der Waals surface area contributed by atoms with Gasteiger partial charge in [0.1, 0.15) is 5.82 Å². The lowest BCUT2D eigenvalue weighted by Gasteiger charge is -2.47. The van der Waals surface area contributed by atoms with Crippen molar-refractivity contribution >= 4 is 17.4 Å². The minimum absolute atomic E-state index is 0.213. The van der Waals surface area contributed by atoms with Crippen molar-refractivity contribution in [3.05, 3.63) is 71.3 Å². The van der Waals surface area contributed by atoms with Gasteiger partial charge in [0.25, 0.3) is 0 Å². The van der Waals surface area contributed by atoms with E-state index in [1.165, 1.54) is 11.1 Å². The van der Waals surface area contributed by atoms with Crippen LogP contribution < -0.4 is 5.48 Å². The van der Waals surface area contributed by atoms with E-state index in [9.17, 15) is 19.8 Å². The molecule has 38 heavy (non-hydrogen) atoms. The molecule has 1 aromatic carbocycles. The van der Waals surface area contributed by atoms with Gasteiger partial charge in [-0.15, -0.1) is 0 Å². The number of piperidine rings is 1. The molecule has 1 saturated heterocycles. The Morgan fingerprint density at radius 1 is 1.21 bits per heavy atom. The summed E-state index contributed by atoms with van der Waals surface area (Å²) in [6, 6.07) is 10.3. The number of aryl methyl sites for hydroxylation is 1. The van der Waals surface area contributed by atoms with E-state index in [0.717, 1.165) is 39.3 Å². The van der Waals surface area contributed by atoms with Crippen molar-refractivity contribution in [3.63, 3.8) is 0 Å². The molecule has 2 atom stereocenters. The van der Waals surface area contributed by atoms with E-state index in [2.05, 4.69) is 50.1 Å². The van der Waals surface area contributed by atoms with Crippen molar-refractivity contribution in [2.24, 2.45) is 5.92 Å². The predicted molar refractivity (Wildman–Crippen MR) is 143 cm³/mol. The zero-order valence-electron chi connectivity index (χ0n) is 22.2. The van der Waals surface area contributed by atoms with Gasteiger partial charge >= 0.3 is 11.9 Å². The van der Waals surface area contributed by atoms with E-state index < -0.39 is 18.0 Å². The summed E-state index contributed by atoms with van der Waals surface area (Å²) in [7, 11) is 0. The van der Waals surface area contributed by atoms with E-state index in [0.29, 0.717) is 30.3 Å². The number of aromatic nitrogens is 2. The molecule has 1 amide bonds. The monoisotopic (exact) mass is 520 g/mol. The second-order valence-electron chi connectivity index (χ2n) is 10.3. The molecule has 1 aromatic heterocycles. The Bertz CT molecular complexity index is 1220. The molecule has 4 rings (SSSR count). The quantitative estimate of drug-likeness (QED) is 0.474. The minimum Gasteiger partial charge on any atom is -0.504 e. The SMILES string of the molecule is CC(=O)ONC(=O)c1nc(CC2CCN(C3(CC(C)O)C=CC(c4ccccc4)=CC3)CC2)nc(C)c1O. The van der Waals surface area contributed by atoms with E-state index in [1.54, 1.807) is 6.92 Å². The van der Waals surface area contributed by atoms with Crippen molar-refractivity contribution < 1.29 is 24.6 Å². The Labute approximate surface area is 223 Å². The number of aliphatic hydroxyl groups is 1. The molecule has 0 spiro atoms. The van der Waals surface area contributed by atoms with E-state index in [1.807, 2.05) is 30.6 Å². The molecule has 3 N–H and O–H groups in total. The highest BCUT2D eigenvalue weighted by Crippen LogP contribution is 2.37. The van der Waals surface area contributed by atoms with Crippen LogP contribution in [0.25, 0.3) is 5.57 Å². The van der Waals surface area contributed by atoms with Crippen LogP contribution in [-0.2, 0) is 16.1 Å². The summed E-state index contributed by atoms with van der Waals surface area (Å²) in [6.07, 6.45) is 10.2. The number of aliphatic hydroxyl groups excluding tert-OH is 1. The summed E-state index contributed by atoms with van der Waals surface area (Å²) in [4.78, 5) is 39.0. The largest absolute Gasteiger partial charge is 0.504 e. The zero-order chi connectivity index (χ0) is 27.3. The van der Waals surface area contributed by atoms with Gasteiger partial charge in [0.15, 0.2) is 11.4 Å². The molecular formula is C29H36N4O5. The molecule has 2 aliphatic rings. The number of rotatable bonds is 7. The standard InChI is InChI=1S/C29H36N4O5/c1-19(34)18-29(13-9-24(10-14-29)23-7-5-4-6-8-23)33-15-11-22(12-16-33)17-25-30-20(2)27(36)26(31-25)28(37)32-38-21(3)35/h4-10,13,19,22,34,36H,11-12,14-18H2,1-3H3,(H,32,37). The average molecular weight is 521 g/mol. The summed E-state index contributed by atoms with van der Waals surface area (Å²) in [5.74, 6) is -1.03. The van der Waals surface area contributed by atoms with Gasteiger partial charge in [0.05, 0.1) is 11.8 Å². The van der Waals surface area contributed by atoms with Gasteiger partial charge in [-0.3, -0.25) is 14.5 Å². The topological polar surface area (TPSA) is 125 Å². The number of nitrogens with zero attached hydrogens (tertiary/aromatic N) is 3. The molecule has 2 aromatic rings. The normalized spacial score (nSPS) is 21.0. The average Bonchev–Trinajstić information content (AvgIpc) is 2.90. The number of hydrogen-bond acceptors (Lipinski definition) is 8. The molecule has 2 unspecified atom stereocenters. The Kier molecular flexibility index (Phi) is 8.58. The molecule has 9 heteroatoms. The van der Waals surface area contributed by atoms with Gasteiger partial charge < -0.3 is 15.1 Å². The highest BCUT2D eigenvalue weighted by atomic mass is 16.7. The number of amides is 1. The van der Waals surface area contributed by atoms with Gasteiger partial charge in [-0.2, -0.15) is 5.48 Å². The lowest BCUT2D eigenvalue weighted by atomic mass is 9.79. The molecule has 1 aliphatic carbocycles. The van der Waals surface area contributed by atoms with Crippen LogP contribution in [0.4, 0.5) is 0 Å². The van der Waals surface area contributed by atoms with E-state index >= 15 is 0 Å². The van der Waals surface area contributed by atoms with Gasteiger partial charge in [-0.25, -0.2) is 9.97 Å². The third-order valence-electron chi connectivity index (χ3n) is 7.33. The second kappa shape index (κ2) is 11.9. The maximum atomic E-state index is 12.3. The summed E-state index contributed by atoms with van der Waals surface area (Å²) in [5.41, 5.74) is 4.24. The van der Waals surface area contributed by atoms with Gasteiger partial charge in [-0.05, 0) is 69.7 Å². The van der Waals surface area contributed by atoms with Crippen molar-refractivity contribution in [2.45, 2.75) is 64.5 Å². The van der Waals surface area contributed by atoms with Crippen LogP contribution in [0, 0.1) is 12.8 Å². The fourth-order valence-corrected chi connectivity index (χ4v) is 5.42. The van der Waals surface area contributed by atoms with Crippen LogP contribution >= 0.6 is 0 Å². The van der Waals surface area contributed by atoms with Crippen LogP contribution in [0.5, 0.6) is 5.75 Å². The summed E-state index contributed by atoms with van der Waals surface area (Å²) >= 11 is 0. The van der Waals surface area contributed by atoms with Gasteiger partial charge in [-0.1, -0.05) is 48.6 Å². The number of carbonyl (C=O) groups is 2. The third-order valence-corrected chi connectivity index (χ3v) is 7.33. The number of nitrogens with one attached hydrogen (secondary N) is 1. The summed E-state index contributed by atoms with van der Waals surface area (Å²) in [6.45, 7) is 6.35. The van der Waals surface area contributed by atoms with Crippen LogP contribution in [0.2, 0.25) is 0 Å². The van der Waals surface area contributed by atoms with Crippen molar-refractivity contribution in [1.82, 2.24) is 20.3 Å². The Hall–Kier alpha value is -3.56. The van der Waals surface area contributed by atoms with Gasteiger partial charge in [0, 0.05) is 18.9 Å². The van der Waals surface area contributed by atoms with Crippen molar-refractivity contribution in [2.75, 3.05) is 13.1 Å². The number of aromatic hydroxyl groups is 1. The van der Waals surface area contributed by atoms with Crippen LogP contribution in [0.3, 0.4) is 0 Å². The van der Waals surface area contributed by atoms with Crippen molar-refractivity contribution in [1.29, 1.82) is 0 Å². The number of hydrogen-bond donors (Lipinski definition) is 3. The Balaban J connectivity index is 1.42. The number of likely N-dealkylation sites (tertiary alicyclic amines) is 1. The number of allylic oxidation sites excluding steroid dienone is 2. The first-order valence-electron chi connectivity index (χ1n) is 13.1. The van der Waals surface area contributed by atoms with Crippen molar-refractivity contribution in [3.8, 4) is 5.75 Å². The van der Waals surface area contributed by atoms with Crippen LogP contribution in [-0.4, -0.2) is 61.7 Å². The molecular weight excluding hydrogens is 484 g/mol. The predicted octanol–water partition coefficient (Wildman–Crippen LogP) is 3.51. The third kappa shape index (κ3) is 6.46. The number of carbonyl (C=O) groups excluding carboxylic acids is 2. The fraction of sp³-hybridized carbons (Fsp3) is 0.448. The molecule has 2 heterocycles. The first-order chi connectivity index (χ1) is 18.2. The summed E-state index contributed by atoms with van der Waals surface area (Å²) < 4.78 is 0. The van der Waals surface area contributed by atoms with Gasteiger partial charge in [0.2, 0.25) is 0 Å². The smallest absolute Gasteiger partial charge is 0.329 e. The summed E-state index contributed by atoms with van der Waals surface area (Å²) in [5, 5.41) is 20.6. The van der Waals surface area contributed by atoms with E-state index in [4.69, 9.17) is 0 Å². The molecule has 1 aliphatic heterocycles. The van der Waals surface area contributed by atoms with Crippen LogP contribution in [0.1, 0.15) is 67.1 Å². The highest BCUT2D eigenvalue weighted by molar-refractivity contribution is 5.95. The maximum absolute atomic E-state index is 12.3. The lowest BCUT2D eigenvalue weighted by molar-refractivity contribution is -0.146. The molecule has 0 bridgehead atoms. The maximum Gasteiger partial charge on any atom is 0.329 e. The molecule has 0 radical (unpaired) electrons. The molecule has 9 nitrogen and oxygen atoms in total. The molecule has 0 saturated carbocycles. The lowest BCUT2D eigenvalue weighted by Crippen LogP contribution is -2.52. The molecule has 202 valence electrons. The number of hydroxylamine groups is 1. The molecule has 1 fully saturated rings. The zero-order valence-corrected chi connectivity index (χ0v) is 22.2. The highest BCUT2D eigenvalue weighted by Gasteiger charge is 2.38. The Morgan fingerprint density at radius 2 is 1.92 bits per heavy atom. The number of benzene rings is 1. The van der Waals surface area contributed by atoms with E-state index in [-0.39, 0.29) is 17.0 Å².